The highest BCUT2D eigenvalue weighted by Gasteiger charge is 2.31. The molecule has 0 radical (unpaired) electrons. The van der Waals surface area contributed by atoms with Crippen LogP contribution in [0.3, 0.4) is 0 Å². The Morgan fingerprint density at radius 1 is 1.08 bits per heavy atom. The van der Waals surface area contributed by atoms with Gasteiger partial charge in [0.15, 0.2) is 0 Å². The molecule has 9 nitrogen and oxygen atoms in total. The molecule has 2 atom stereocenters. The molecule has 0 unspecified atom stereocenters. The van der Waals surface area contributed by atoms with Gasteiger partial charge in [0.05, 0.1) is 26.2 Å². The SMILES string of the molecule is CC[C@H](C)NC(=O)[C@H](C)N(Cc1cccc(Cl)c1)C(=O)CN(c1cc(OC)ccc1OC)S(C)(=O)=O. The van der Waals surface area contributed by atoms with Crippen molar-refractivity contribution in [3.8, 4) is 11.5 Å². The Labute approximate surface area is 218 Å². The summed E-state index contributed by atoms with van der Waals surface area (Å²) in [5.41, 5.74) is 0.844. The normalized spacial score (nSPS) is 12.9. The molecule has 2 rings (SSSR count). The minimum absolute atomic E-state index is 0.0569. The Kier molecular flexibility index (Phi) is 10.4. The Hall–Kier alpha value is -2.98. The van der Waals surface area contributed by atoms with Gasteiger partial charge >= 0.3 is 0 Å². The molecule has 0 heterocycles. The van der Waals surface area contributed by atoms with Gasteiger partial charge < -0.3 is 19.7 Å². The van der Waals surface area contributed by atoms with Crippen LogP contribution >= 0.6 is 11.6 Å². The lowest BCUT2D eigenvalue weighted by atomic mass is 10.1. The van der Waals surface area contributed by atoms with E-state index in [4.69, 9.17) is 21.1 Å². The highest BCUT2D eigenvalue weighted by atomic mass is 35.5. The van der Waals surface area contributed by atoms with Crippen LogP contribution in [0.25, 0.3) is 0 Å². The van der Waals surface area contributed by atoms with E-state index in [2.05, 4.69) is 5.32 Å². The molecule has 36 heavy (non-hydrogen) atoms. The molecule has 2 amide bonds. The summed E-state index contributed by atoms with van der Waals surface area (Å²) >= 11 is 6.13. The van der Waals surface area contributed by atoms with E-state index in [9.17, 15) is 18.0 Å². The summed E-state index contributed by atoms with van der Waals surface area (Å²) in [6.45, 7) is 4.92. The molecule has 11 heteroatoms. The highest BCUT2D eigenvalue weighted by molar-refractivity contribution is 7.92. The molecule has 198 valence electrons. The number of hydrogen-bond donors (Lipinski definition) is 1. The van der Waals surface area contributed by atoms with Gasteiger partial charge in [-0.1, -0.05) is 30.7 Å². The minimum Gasteiger partial charge on any atom is -0.497 e. The van der Waals surface area contributed by atoms with E-state index in [0.29, 0.717) is 16.3 Å². The van der Waals surface area contributed by atoms with Crippen LogP contribution in [0.1, 0.15) is 32.8 Å². The Balaban J connectivity index is 2.48. The van der Waals surface area contributed by atoms with Gasteiger partial charge in [-0.15, -0.1) is 0 Å². The monoisotopic (exact) mass is 539 g/mol. The number of rotatable bonds is 12. The van der Waals surface area contributed by atoms with Crippen molar-refractivity contribution in [2.45, 2.75) is 45.8 Å². The number of benzene rings is 2. The van der Waals surface area contributed by atoms with Crippen molar-refractivity contribution in [1.82, 2.24) is 10.2 Å². The summed E-state index contributed by atoms with van der Waals surface area (Å²) in [6.07, 6.45) is 1.72. The lowest BCUT2D eigenvalue weighted by Crippen LogP contribution is -2.52. The molecule has 0 saturated heterocycles. The molecule has 0 fully saturated rings. The number of amides is 2. The Bertz CT molecular complexity index is 1170. The molecular weight excluding hydrogens is 506 g/mol. The van der Waals surface area contributed by atoms with E-state index in [-0.39, 0.29) is 29.9 Å². The van der Waals surface area contributed by atoms with Gasteiger partial charge in [0.25, 0.3) is 0 Å². The lowest BCUT2D eigenvalue weighted by molar-refractivity contribution is -0.139. The summed E-state index contributed by atoms with van der Waals surface area (Å²) in [5.74, 6) is -0.274. The summed E-state index contributed by atoms with van der Waals surface area (Å²) in [7, 11) is -1.07. The first-order valence-electron chi connectivity index (χ1n) is 11.4. The Morgan fingerprint density at radius 2 is 1.78 bits per heavy atom. The van der Waals surface area contributed by atoms with E-state index in [1.807, 2.05) is 13.8 Å². The molecule has 0 bridgehead atoms. The van der Waals surface area contributed by atoms with Crippen molar-refractivity contribution in [3.05, 3.63) is 53.1 Å². The predicted octanol–water partition coefficient (Wildman–Crippen LogP) is 3.46. The van der Waals surface area contributed by atoms with Crippen LogP contribution in [-0.4, -0.2) is 64.2 Å². The van der Waals surface area contributed by atoms with Crippen molar-refractivity contribution in [2.24, 2.45) is 0 Å². The number of methoxy groups -OCH3 is 2. The third kappa shape index (κ3) is 7.76. The van der Waals surface area contributed by atoms with Crippen molar-refractivity contribution in [1.29, 1.82) is 0 Å². The average molecular weight is 540 g/mol. The quantitative estimate of drug-likeness (QED) is 0.443. The zero-order valence-corrected chi connectivity index (χ0v) is 23.0. The van der Waals surface area contributed by atoms with E-state index < -0.39 is 28.5 Å². The summed E-state index contributed by atoms with van der Waals surface area (Å²) < 4.78 is 37.2. The van der Waals surface area contributed by atoms with Crippen LogP contribution in [0.15, 0.2) is 42.5 Å². The van der Waals surface area contributed by atoms with Crippen molar-refractivity contribution in [3.63, 3.8) is 0 Å². The standard InChI is InChI=1S/C25H34ClN3O6S/c1-7-17(2)27-25(31)18(3)28(15-19-9-8-10-20(26)13-19)24(30)16-29(36(6,32)33)22-14-21(34-4)11-12-23(22)35-5/h8-14,17-18H,7,15-16H2,1-6H3,(H,27,31)/t17-,18-/m0/s1. The third-order valence-corrected chi connectivity index (χ3v) is 7.11. The fourth-order valence-corrected chi connectivity index (χ4v) is 4.52. The fourth-order valence-electron chi connectivity index (χ4n) is 3.47. The maximum Gasteiger partial charge on any atom is 0.244 e. The van der Waals surface area contributed by atoms with Crippen molar-refractivity contribution in [2.75, 3.05) is 31.3 Å². The molecule has 0 saturated carbocycles. The van der Waals surface area contributed by atoms with E-state index in [1.54, 1.807) is 43.3 Å². The third-order valence-electron chi connectivity index (χ3n) is 5.74. The number of nitrogens with one attached hydrogen (secondary N) is 1. The van der Waals surface area contributed by atoms with Crippen LogP contribution < -0.4 is 19.1 Å². The first kappa shape index (κ1) is 29.3. The average Bonchev–Trinajstić information content (AvgIpc) is 2.84. The number of hydrogen-bond acceptors (Lipinski definition) is 6. The van der Waals surface area contributed by atoms with E-state index in [1.165, 1.54) is 25.2 Å². The fraction of sp³-hybridized carbons (Fsp3) is 0.440. The number of carbonyl (C=O) groups excluding carboxylic acids is 2. The smallest absolute Gasteiger partial charge is 0.244 e. The second-order valence-electron chi connectivity index (χ2n) is 8.45. The molecule has 0 aliphatic rings. The molecular formula is C25H34ClN3O6S. The number of carbonyl (C=O) groups is 2. The zero-order chi connectivity index (χ0) is 27.0. The first-order chi connectivity index (χ1) is 16.9. The second-order valence-corrected chi connectivity index (χ2v) is 10.8. The molecule has 0 aliphatic carbocycles. The zero-order valence-electron chi connectivity index (χ0n) is 21.4. The topological polar surface area (TPSA) is 105 Å². The Morgan fingerprint density at radius 3 is 2.33 bits per heavy atom. The number of sulfonamides is 1. The maximum absolute atomic E-state index is 13.7. The second kappa shape index (κ2) is 12.8. The van der Waals surface area contributed by atoms with Gasteiger partial charge in [-0.25, -0.2) is 8.42 Å². The lowest BCUT2D eigenvalue weighted by Gasteiger charge is -2.32. The highest BCUT2D eigenvalue weighted by Crippen LogP contribution is 2.34. The molecule has 2 aromatic rings. The molecule has 1 N–H and O–H groups in total. The van der Waals surface area contributed by atoms with E-state index in [0.717, 1.165) is 17.0 Å². The number of ether oxygens (including phenoxy) is 2. The van der Waals surface area contributed by atoms with Crippen molar-refractivity contribution >= 4 is 39.1 Å². The maximum atomic E-state index is 13.7. The van der Waals surface area contributed by atoms with Crippen LogP contribution in [0, 0.1) is 0 Å². The van der Waals surface area contributed by atoms with Crippen LogP contribution in [0.5, 0.6) is 11.5 Å². The van der Waals surface area contributed by atoms with Gasteiger partial charge in [-0.05, 0) is 50.1 Å². The van der Waals surface area contributed by atoms with Crippen LogP contribution in [0.2, 0.25) is 5.02 Å². The van der Waals surface area contributed by atoms with E-state index >= 15 is 0 Å². The van der Waals surface area contributed by atoms with Gasteiger partial charge in [-0.2, -0.15) is 0 Å². The first-order valence-corrected chi connectivity index (χ1v) is 13.7. The van der Waals surface area contributed by atoms with Crippen LogP contribution in [0.4, 0.5) is 5.69 Å². The van der Waals surface area contributed by atoms with Gasteiger partial charge in [-0.3, -0.25) is 13.9 Å². The molecule has 2 aromatic carbocycles. The predicted molar refractivity (Wildman–Crippen MR) is 141 cm³/mol. The minimum atomic E-state index is -3.92. The summed E-state index contributed by atoms with van der Waals surface area (Å²) in [5, 5.41) is 3.37. The summed E-state index contributed by atoms with van der Waals surface area (Å²) in [4.78, 5) is 27.9. The van der Waals surface area contributed by atoms with Gasteiger partial charge in [0.2, 0.25) is 21.8 Å². The van der Waals surface area contributed by atoms with Gasteiger partial charge in [0, 0.05) is 23.7 Å². The number of halogens is 1. The van der Waals surface area contributed by atoms with Gasteiger partial charge in [0.1, 0.15) is 24.1 Å². The largest absolute Gasteiger partial charge is 0.497 e. The molecule has 0 spiro atoms. The molecule has 0 aliphatic heterocycles. The molecule has 0 aromatic heterocycles. The van der Waals surface area contributed by atoms with Crippen LogP contribution in [-0.2, 0) is 26.2 Å². The van der Waals surface area contributed by atoms with Crippen molar-refractivity contribution < 1.29 is 27.5 Å². The number of anilines is 1. The number of nitrogens with zero attached hydrogens (tertiary/aromatic N) is 2. The summed E-state index contributed by atoms with van der Waals surface area (Å²) in [6, 6.07) is 10.6.